The molecule has 1 rings (SSSR count). The predicted octanol–water partition coefficient (Wildman–Crippen LogP) is 4.04. The van der Waals surface area contributed by atoms with Gasteiger partial charge in [-0.25, -0.2) is 0 Å². The average Bonchev–Trinajstić information content (AvgIpc) is 2.28. The van der Waals surface area contributed by atoms with E-state index in [9.17, 15) is 0 Å². The molecule has 0 aliphatic rings. The van der Waals surface area contributed by atoms with Crippen LogP contribution in [0.25, 0.3) is 0 Å². The Morgan fingerprint density at radius 3 is 2.44 bits per heavy atom. The van der Waals surface area contributed by atoms with Crippen LogP contribution >= 0.6 is 15.9 Å². The Morgan fingerprint density at radius 1 is 1.33 bits per heavy atom. The normalized spacial score (nSPS) is 13.5. The summed E-state index contributed by atoms with van der Waals surface area (Å²) in [5.74, 6) is 0. The minimum Gasteiger partial charge on any atom is -0.371 e. The molecule has 18 heavy (non-hydrogen) atoms. The zero-order valence-electron chi connectivity index (χ0n) is 12.3. The molecule has 0 saturated carbocycles. The van der Waals surface area contributed by atoms with Crippen LogP contribution in [0.15, 0.2) is 22.7 Å². The van der Waals surface area contributed by atoms with Crippen LogP contribution in [0.2, 0.25) is 0 Å². The van der Waals surface area contributed by atoms with Crippen molar-refractivity contribution in [3.63, 3.8) is 0 Å². The first-order chi connectivity index (χ1) is 8.27. The SMILES string of the molecule is CNCc1ccc(Br)cc1N(C)C(C)C(C)(C)C. The van der Waals surface area contributed by atoms with Gasteiger partial charge in [-0.1, -0.05) is 42.8 Å². The number of rotatable bonds is 4. The van der Waals surface area contributed by atoms with E-state index in [0.717, 1.165) is 11.0 Å². The molecular formula is C15H25BrN2. The van der Waals surface area contributed by atoms with Crippen molar-refractivity contribution < 1.29 is 0 Å². The quantitative estimate of drug-likeness (QED) is 0.902. The lowest BCUT2D eigenvalue weighted by Gasteiger charge is -2.38. The molecule has 1 atom stereocenters. The van der Waals surface area contributed by atoms with Gasteiger partial charge in [-0.3, -0.25) is 0 Å². The molecule has 0 fully saturated rings. The fourth-order valence-corrected chi connectivity index (χ4v) is 2.34. The molecular weight excluding hydrogens is 288 g/mol. The van der Waals surface area contributed by atoms with Crippen LogP contribution in [-0.2, 0) is 6.54 Å². The van der Waals surface area contributed by atoms with Crippen molar-refractivity contribution in [3.05, 3.63) is 28.2 Å². The Labute approximate surface area is 120 Å². The summed E-state index contributed by atoms with van der Waals surface area (Å²) in [6, 6.07) is 6.96. The molecule has 1 aromatic rings. The average molecular weight is 313 g/mol. The van der Waals surface area contributed by atoms with Gasteiger partial charge in [-0.15, -0.1) is 0 Å². The number of nitrogens with zero attached hydrogens (tertiary/aromatic N) is 1. The Bertz CT molecular complexity index is 396. The van der Waals surface area contributed by atoms with Gasteiger partial charge in [0.1, 0.15) is 0 Å². The van der Waals surface area contributed by atoms with Crippen LogP contribution in [0, 0.1) is 5.41 Å². The molecule has 0 aliphatic carbocycles. The molecule has 1 unspecified atom stereocenters. The molecule has 102 valence electrons. The molecule has 0 aromatic heterocycles. The molecule has 0 aliphatic heterocycles. The Balaban J connectivity index is 3.10. The van der Waals surface area contributed by atoms with Crippen LogP contribution in [0.4, 0.5) is 5.69 Å². The topological polar surface area (TPSA) is 15.3 Å². The van der Waals surface area contributed by atoms with Crippen LogP contribution in [-0.4, -0.2) is 20.1 Å². The van der Waals surface area contributed by atoms with Crippen molar-refractivity contribution >= 4 is 21.6 Å². The van der Waals surface area contributed by atoms with E-state index in [1.54, 1.807) is 0 Å². The Morgan fingerprint density at radius 2 is 1.94 bits per heavy atom. The van der Waals surface area contributed by atoms with E-state index in [4.69, 9.17) is 0 Å². The van der Waals surface area contributed by atoms with Gasteiger partial charge in [0.2, 0.25) is 0 Å². The number of nitrogens with one attached hydrogen (secondary N) is 1. The van der Waals surface area contributed by atoms with Gasteiger partial charge < -0.3 is 10.2 Å². The van der Waals surface area contributed by atoms with Gasteiger partial charge in [-0.05, 0) is 37.1 Å². The molecule has 1 aromatic carbocycles. The lowest BCUT2D eigenvalue weighted by atomic mass is 9.86. The third kappa shape index (κ3) is 3.72. The molecule has 0 saturated heterocycles. The van der Waals surface area contributed by atoms with Crippen LogP contribution < -0.4 is 10.2 Å². The highest BCUT2D eigenvalue weighted by molar-refractivity contribution is 9.10. The zero-order chi connectivity index (χ0) is 13.9. The van der Waals surface area contributed by atoms with Crippen molar-refractivity contribution in [1.82, 2.24) is 5.32 Å². The summed E-state index contributed by atoms with van der Waals surface area (Å²) >= 11 is 3.57. The van der Waals surface area contributed by atoms with E-state index in [0.29, 0.717) is 6.04 Å². The fraction of sp³-hybridized carbons (Fsp3) is 0.600. The van der Waals surface area contributed by atoms with Gasteiger partial charge in [0.15, 0.2) is 0 Å². The first kappa shape index (κ1) is 15.5. The number of anilines is 1. The number of benzene rings is 1. The number of halogens is 1. The molecule has 1 N–H and O–H groups in total. The summed E-state index contributed by atoms with van der Waals surface area (Å²) in [6.45, 7) is 10.0. The van der Waals surface area contributed by atoms with Crippen LogP contribution in [0.3, 0.4) is 0 Å². The lowest BCUT2D eigenvalue weighted by molar-refractivity contribution is 0.329. The zero-order valence-corrected chi connectivity index (χ0v) is 13.9. The van der Waals surface area contributed by atoms with Gasteiger partial charge in [-0.2, -0.15) is 0 Å². The molecule has 0 bridgehead atoms. The minimum absolute atomic E-state index is 0.258. The third-order valence-corrected chi connectivity index (χ3v) is 4.12. The first-order valence-electron chi connectivity index (χ1n) is 6.43. The summed E-state index contributed by atoms with van der Waals surface area (Å²) in [4.78, 5) is 2.37. The van der Waals surface area contributed by atoms with E-state index < -0.39 is 0 Å². The fourth-order valence-electron chi connectivity index (χ4n) is 1.99. The van der Waals surface area contributed by atoms with Gasteiger partial charge in [0.05, 0.1) is 0 Å². The first-order valence-corrected chi connectivity index (χ1v) is 7.22. The second kappa shape index (κ2) is 6.07. The largest absolute Gasteiger partial charge is 0.371 e. The van der Waals surface area contributed by atoms with Crippen LogP contribution in [0.5, 0.6) is 0 Å². The summed E-state index contributed by atoms with van der Waals surface area (Å²) in [5.41, 5.74) is 2.88. The molecule has 0 heterocycles. The number of hydrogen-bond donors (Lipinski definition) is 1. The van der Waals surface area contributed by atoms with E-state index in [2.05, 4.69) is 79.1 Å². The second-order valence-corrected chi connectivity index (χ2v) is 6.87. The number of hydrogen-bond acceptors (Lipinski definition) is 2. The second-order valence-electron chi connectivity index (χ2n) is 5.96. The van der Waals surface area contributed by atoms with E-state index >= 15 is 0 Å². The standard InChI is InChI=1S/C15H25BrN2/c1-11(15(2,3)4)18(6)14-9-13(16)8-7-12(14)10-17-5/h7-9,11,17H,10H2,1-6H3. The van der Waals surface area contributed by atoms with Crippen molar-refractivity contribution in [2.75, 3.05) is 19.0 Å². The van der Waals surface area contributed by atoms with Crippen LogP contribution in [0.1, 0.15) is 33.3 Å². The smallest absolute Gasteiger partial charge is 0.0423 e. The minimum atomic E-state index is 0.258. The molecule has 0 spiro atoms. The Hall–Kier alpha value is -0.540. The maximum absolute atomic E-state index is 3.57. The molecule has 0 radical (unpaired) electrons. The van der Waals surface area contributed by atoms with E-state index in [1.807, 2.05) is 7.05 Å². The van der Waals surface area contributed by atoms with Crippen molar-refractivity contribution in [3.8, 4) is 0 Å². The van der Waals surface area contributed by atoms with Crippen molar-refractivity contribution in [1.29, 1.82) is 0 Å². The predicted molar refractivity (Wildman–Crippen MR) is 84.2 cm³/mol. The summed E-state index contributed by atoms with van der Waals surface area (Å²) in [5, 5.41) is 3.23. The highest BCUT2D eigenvalue weighted by Crippen LogP contribution is 2.31. The molecule has 0 amide bonds. The van der Waals surface area contributed by atoms with Gasteiger partial charge in [0, 0.05) is 29.8 Å². The molecule has 2 nitrogen and oxygen atoms in total. The maximum atomic E-state index is 3.57. The van der Waals surface area contributed by atoms with Crippen molar-refractivity contribution in [2.45, 2.75) is 40.3 Å². The van der Waals surface area contributed by atoms with Crippen molar-refractivity contribution in [2.24, 2.45) is 5.41 Å². The van der Waals surface area contributed by atoms with E-state index in [1.165, 1.54) is 11.3 Å². The van der Waals surface area contributed by atoms with E-state index in [-0.39, 0.29) is 5.41 Å². The third-order valence-electron chi connectivity index (χ3n) is 3.63. The molecule has 3 heteroatoms. The monoisotopic (exact) mass is 312 g/mol. The lowest BCUT2D eigenvalue weighted by Crippen LogP contribution is -2.40. The summed E-state index contributed by atoms with van der Waals surface area (Å²) in [6.07, 6.45) is 0. The highest BCUT2D eigenvalue weighted by Gasteiger charge is 2.25. The summed E-state index contributed by atoms with van der Waals surface area (Å²) in [7, 11) is 4.16. The maximum Gasteiger partial charge on any atom is 0.0423 e. The van der Waals surface area contributed by atoms with Gasteiger partial charge in [0.25, 0.3) is 0 Å². The highest BCUT2D eigenvalue weighted by atomic mass is 79.9. The summed E-state index contributed by atoms with van der Waals surface area (Å²) < 4.78 is 1.13. The van der Waals surface area contributed by atoms with Gasteiger partial charge >= 0.3 is 0 Å². The Kier molecular flexibility index (Phi) is 5.23.